The van der Waals surface area contributed by atoms with Gasteiger partial charge < -0.3 is 0 Å². The zero-order valence-corrected chi connectivity index (χ0v) is 9.11. The van der Waals surface area contributed by atoms with Gasteiger partial charge in [-0.15, -0.1) is 0 Å². The Kier molecular flexibility index (Phi) is 2.73. The highest BCUT2D eigenvalue weighted by Gasteiger charge is 2.53. The van der Waals surface area contributed by atoms with Gasteiger partial charge in [0.15, 0.2) is 0 Å². The minimum atomic E-state index is -4.02. The highest BCUT2D eigenvalue weighted by atomic mass is 19.4. The second-order valence-corrected chi connectivity index (χ2v) is 5.32. The smallest absolute Gasteiger partial charge is 0.294 e. The summed E-state index contributed by atoms with van der Waals surface area (Å²) in [5.41, 5.74) is 0.283. The minimum Gasteiger partial charge on any atom is -0.294 e. The Bertz CT molecular complexity index is 222. The van der Waals surface area contributed by atoms with Crippen LogP contribution in [0.1, 0.15) is 32.6 Å². The molecule has 0 unspecified atom stereocenters. The van der Waals surface area contributed by atoms with Crippen LogP contribution >= 0.6 is 0 Å². The lowest BCUT2D eigenvalue weighted by atomic mass is 9.57. The Morgan fingerprint density at radius 2 is 1.87 bits per heavy atom. The predicted molar refractivity (Wildman–Crippen MR) is 52.6 cm³/mol. The van der Waals surface area contributed by atoms with Crippen molar-refractivity contribution in [2.24, 2.45) is 11.3 Å². The molecule has 1 aliphatic carbocycles. The predicted octanol–water partition coefficient (Wildman–Crippen LogP) is 3.06. The van der Waals surface area contributed by atoms with Crippen molar-refractivity contribution >= 4 is 0 Å². The van der Waals surface area contributed by atoms with Crippen LogP contribution in [0.25, 0.3) is 0 Å². The second-order valence-electron chi connectivity index (χ2n) is 5.32. The molecular weight excluding hydrogens is 203 g/mol. The standard InChI is InChI=1S/C11H18F3N/c1-2-3-9-4-10(5-9)6-15(7-10)8-11(12,13)14/h9H,2-8H2,1H3. The molecule has 0 N–H and O–H groups in total. The molecule has 0 aromatic carbocycles. The molecule has 4 heteroatoms. The summed E-state index contributed by atoms with van der Waals surface area (Å²) in [5, 5.41) is 0. The van der Waals surface area contributed by atoms with E-state index in [0.29, 0.717) is 13.1 Å². The number of hydrogen-bond donors (Lipinski definition) is 0. The summed E-state index contributed by atoms with van der Waals surface area (Å²) in [7, 11) is 0. The molecular formula is C11H18F3N. The van der Waals surface area contributed by atoms with Crippen LogP contribution in [0.5, 0.6) is 0 Å². The van der Waals surface area contributed by atoms with E-state index in [0.717, 1.165) is 18.8 Å². The molecule has 2 fully saturated rings. The fraction of sp³-hybridized carbons (Fsp3) is 1.00. The SMILES string of the molecule is CCCC1CC2(C1)CN(CC(F)(F)F)C2. The van der Waals surface area contributed by atoms with E-state index < -0.39 is 12.7 Å². The Labute approximate surface area is 88.6 Å². The van der Waals surface area contributed by atoms with Crippen LogP contribution in [0, 0.1) is 11.3 Å². The van der Waals surface area contributed by atoms with Gasteiger partial charge in [0.2, 0.25) is 0 Å². The number of rotatable bonds is 3. The van der Waals surface area contributed by atoms with Gasteiger partial charge in [0.1, 0.15) is 0 Å². The minimum absolute atomic E-state index is 0.283. The number of alkyl halides is 3. The van der Waals surface area contributed by atoms with E-state index in [-0.39, 0.29) is 5.41 Å². The first-order valence-corrected chi connectivity index (χ1v) is 5.72. The summed E-state index contributed by atoms with van der Waals surface area (Å²) < 4.78 is 36.2. The Balaban J connectivity index is 1.67. The van der Waals surface area contributed by atoms with Crippen molar-refractivity contribution in [1.82, 2.24) is 4.90 Å². The molecule has 88 valence electrons. The summed E-state index contributed by atoms with van der Waals surface area (Å²) in [6.45, 7) is 2.80. The molecule has 0 radical (unpaired) electrons. The first kappa shape index (κ1) is 11.2. The van der Waals surface area contributed by atoms with Gasteiger partial charge in [-0.2, -0.15) is 13.2 Å². The molecule has 0 aromatic heterocycles. The van der Waals surface area contributed by atoms with Crippen molar-refractivity contribution in [2.45, 2.75) is 38.8 Å². The van der Waals surface area contributed by atoms with Gasteiger partial charge in [-0.1, -0.05) is 19.8 Å². The summed E-state index contributed by atoms with van der Waals surface area (Å²) in [5.74, 6) is 0.794. The first-order valence-electron chi connectivity index (χ1n) is 5.72. The molecule has 1 saturated heterocycles. The summed E-state index contributed by atoms with van der Waals surface area (Å²) >= 11 is 0. The van der Waals surface area contributed by atoms with Gasteiger partial charge in [-0.25, -0.2) is 0 Å². The van der Waals surface area contributed by atoms with Crippen molar-refractivity contribution in [3.05, 3.63) is 0 Å². The fourth-order valence-corrected chi connectivity index (χ4v) is 3.30. The van der Waals surface area contributed by atoms with E-state index in [1.54, 1.807) is 0 Å². The molecule has 1 aliphatic heterocycles. The van der Waals surface area contributed by atoms with Crippen LogP contribution in [0.2, 0.25) is 0 Å². The van der Waals surface area contributed by atoms with Crippen LogP contribution in [0.4, 0.5) is 13.2 Å². The lowest BCUT2D eigenvalue weighted by Crippen LogP contribution is -2.63. The number of hydrogen-bond acceptors (Lipinski definition) is 1. The quantitative estimate of drug-likeness (QED) is 0.708. The summed E-state index contributed by atoms with van der Waals surface area (Å²) in [6, 6.07) is 0. The number of halogens is 3. The fourth-order valence-electron chi connectivity index (χ4n) is 3.30. The Morgan fingerprint density at radius 1 is 1.27 bits per heavy atom. The van der Waals surface area contributed by atoms with E-state index in [4.69, 9.17) is 0 Å². The van der Waals surface area contributed by atoms with Crippen LogP contribution in [0.3, 0.4) is 0 Å². The van der Waals surface area contributed by atoms with Crippen molar-refractivity contribution in [3.63, 3.8) is 0 Å². The monoisotopic (exact) mass is 221 g/mol. The molecule has 2 rings (SSSR count). The molecule has 1 heterocycles. The van der Waals surface area contributed by atoms with Gasteiger partial charge in [-0.05, 0) is 24.2 Å². The van der Waals surface area contributed by atoms with Crippen LogP contribution in [-0.2, 0) is 0 Å². The van der Waals surface area contributed by atoms with Gasteiger partial charge in [0, 0.05) is 13.1 Å². The highest BCUT2D eigenvalue weighted by molar-refractivity contribution is 5.04. The van der Waals surface area contributed by atoms with E-state index in [1.165, 1.54) is 17.7 Å². The summed E-state index contributed by atoms with van der Waals surface area (Å²) in [6.07, 6.45) is 0.757. The third-order valence-electron chi connectivity index (χ3n) is 3.66. The molecule has 0 amide bonds. The average Bonchev–Trinajstić information content (AvgIpc) is 1.94. The average molecular weight is 221 g/mol. The van der Waals surface area contributed by atoms with Crippen LogP contribution in [-0.4, -0.2) is 30.7 Å². The molecule has 0 atom stereocenters. The van der Waals surface area contributed by atoms with Crippen molar-refractivity contribution in [2.75, 3.05) is 19.6 Å². The third kappa shape index (κ3) is 2.47. The molecule has 1 spiro atoms. The largest absolute Gasteiger partial charge is 0.401 e. The molecule has 2 aliphatic rings. The van der Waals surface area contributed by atoms with Crippen LogP contribution < -0.4 is 0 Å². The molecule has 0 aromatic rings. The van der Waals surface area contributed by atoms with Gasteiger partial charge in [0.05, 0.1) is 6.54 Å². The van der Waals surface area contributed by atoms with E-state index >= 15 is 0 Å². The maximum atomic E-state index is 12.1. The number of likely N-dealkylation sites (tertiary alicyclic amines) is 1. The van der Waals surface area contributed by atoms with Crippen molar-refractivity contribution in [3.8, 4) is 0 Å². The van der Waals surface area contributed by atoms with E-state index in [1.807, 2.05) is 0 Å². The van der Waals surface area contributed by atoms with Gasteiger partial charge in [0.25, 0.3) is 0 Å². The lowest BCUT2D eigenvalue weighted by molar-refractivity contribution is -0.186. The Morgan fingerprint density at radius 3 is 2.33 bits per heavy atom. The van der Waals surface area contributed by atoms with Crippen molar-refractivity contribution in [1.29, 1.82) is 0 Å². The molecule has 1 saturated carbocycles. The first-order chi connectivity index (χ1) is 6.92. The van der Waals surface area contributed by atoms with Crippen molar-refractivity contribution < 1.29 is 13.2 Å². The van der Waals surface area contributed by atoms with E-state index in [9.17, 15) is 13.2 Å². The summed E-state index contributed by atoms with van der Waals surface area (Å²) in [4.78, 5) is 1.53. The number of nitrogens with zero attached hydrogens (tertiary/aromatic N) is 1. The zero-order valence-electron chi connectivity index (χ0n) is 9.11. The third-order valence-corrected chi connectivity index (χ3v) is 3.66. The van der Waals surface area contributed by atoms with E-state index in [2.05, 4.69) is 6.92 Å². The lowest BCUT2D eigenvalue weighted by Gasteiger charge is -2.59. The van der Waals surface area contributed by atoms with Gasteiger partial charge in [-0.3, -0.25) is 4.90 Å². The van der Waals surface area contributed by atoms with Crippen LogP contribution in [0.15, 0.2) is 0 Å². The molecule has 15 heavy (non-hydrogen) atoms. The normalized spacial score (nSPS) is 26.4. The maximum absolute atomic E-state index is 12.1. The zero-order chi connectivity index (χ0) is 11.1. The maximum Gasteiger partial charge on any atom is 0.401 e. The molecule has 0 bridgehead atoms. The van der Waals surface area contributed by atoms with Gasteiger partial charge >= 0.3 is 6.18 Å². The second kappa shape index (κ2) is 3.65. The highest BCUT2D eigenvalue weighted by Crippen LogP contribution is 2.53. The molecule has 1 nitrogen and oxygen atoms in total. The Hall–Kier alpha value is -0.250. The topological polar surface area (TPSA) is 3.24 Å².